The van der Waals surface area contributed by atoms with E-state index in [4.69, 9.17) is 9.84 Å². The lowest BCUT2D eigenvalue weighted by molar-refractivity contribution is 0.213. The van der Waals surface area contributed by atoms with E-state index in [9.17, 15) is 0 Å². The van der Waals surface area contributed by atoms with Crippen LogP contribution < -0.4 is 10.1 Å². The van der Waals surface area contributed by atoms with E-state index in [0.717, 1.165) is 25.1 Å². The Hall–Kier alpha value is -1.57. The fraction of sp³-hybridized carbons (Fsp3) is 0.500. The van der Waals surface area contributed by atoms with Crippen molar-refractivity contribution in [3.05, 3.63) is 23.9 Å². The van der Waals surface area contributed by atoms with E-state index in [0.29, 0.717) is 18.7 Å². The van der Waals surface area contributed by atoms with Crippen LogP contribution in [0.25, 0.3) is 0 Å². The zero-order valence-corrected chi connectivity index (χ0v) is 10.4. The van der Waals surface area contributed by atoms with Crippen LogP contribution in [0, 0.1) is 11.8 Å². The molecule has 0 radical (unpaired) electrons. The first kappa shape index (κ1) is 12.9. The molecule has 18 heavy (non-hydrogen) atoms. The van der Waals surface area contributed by atoms with Gasteiger partial charge in [-0.05, 0) is 31.5 Å². The quantitative estimate of drug-likeness (QED) is 0.613. The van der Waals surface area contributed by atoms with Crippen molar-refractivity contribution in [1.29, 1.82) is 0 Å². The van der Waals surface area contributed by atoms with Crippen molar-refractivity contribution in [1.82, 2.24) is 10.3 Å². The number of pyridine rings is 1. The van der Waals surface area contributed by atoms with E-state index in [-0.39, 0.29) is 12.7 Å². The Kier molecular flexibility index (Phi) is 5.00. The molecule has 2 rings (SSSR count). The van der Waals surface area contributed by atoms with Crippen molar-refractivity contribution in [3.8, 4) is 17.7 Å². The number of nitrogens with zero attached hydrogens (tertiary/aromatic N) is 1. The van der Waals surface area contributed by atoms with E-state index < -0.39 is 0 Å². The fourth-order valence-corrected chi connectivity index (χ4v) is 1.79. The molecule has 1 aromatic heterocycles. The minimum atomic E-state index is 0.179. The summed E-state index contributed by atoms with van der Waals surface area (Å²) >= 11 is 0. The molecule has 4 heteroatoms. The van der Waals surface area contributed by atoms with Gasteiger partial charge in [0.2, 0.25) is 5.88 Å². The summed E-state index contributed by atoms with van der Waals surface area (Å²) in [6.07, 6.45) is 4.31. The Morgan fingerprint density at radius 1 is 1.56 bits per heavy atom. The molecule has 1 aliphatic heterocycles. The first-order chi connectivity index (χ1) is 8.90. The number of aromatic nitrogens is 1. The first-order valence-corrected chi connectivity index (χ1v) is 6.32. The molecule has 0 saturated carbocycles. The van der Waals surface area contributed by atoms with Gasteiger partial charge in [-0.1, -0.05) is 11.8 Å². The van der Waals surface area contributed by atoms with Gasteiger partial charge >= 0.3 is 0 Å². The average molecular weight is 246 g/mol. The number of ether oxygens (including phenoxy) is 1. The standard InChI is InChI=1S/C14H18N2O2/c17-10-3-1-2-5-12-6-4-8-16-14(12)18-13-7-9-15-11-13/h4,6,8,13,15,17H,1,3,7,9-11H2. The Labute approximate surface area is 107 Å². The topological polar surface area (TPSA) is 54.4 Å². The van der Waals surface area contributed by atoms with Gasteiger partial charge < -0.3 is 15.2 Å². The molecule has 1 aliphatic rings. The molecule has 96 valence electrons. The third-order valence-corrected chi connectivity index (χ3v) is 2.75. The van der Waals surface area contributed by atoms with Gasteiger partial charge in [0, 0.05) is 25.8 Å². The molecule has 1 aromatic rings. The second kappa shape index (κ2) is 7.00. The molecule has 2 heterocycles. The Morgan fingerprint density at radius 3 is 3.28 bits per heavy atom. The van der Waals surface area contributed by atoms with Crippen molar-refractivity contribution >= 4 is 0 Å². The number of nitrogens with one attached hydrogen (secondary N) is 1. The molecule has 1 fully saturated rings. The molecular formula is C14H18N2O2. The van der Waals surface area contributed by atoms with E-state index in [1.165, 1.54) is 0 Å². The van der Waals surface area contributed by atoms with Crippen LogP contribution in [0.3, 0.4) is 0 Å². The maximum absolute atomic E-state index is 8.70. The zero-order valence-electron chi connectivity index (χ0n) is 10.4. The summed E-state index contributed by atoms with van der Waals surface area (Å²) in [5.41, 5.74) is 0.822. The van der Waals surface area contributed by atoms with Crippen LogP contribution in [0.5, 0.6) is 5.88 Å². The minimum absolute atomic E-state index is 0.179. The van der Waals surface area contributed by atoms with Crippen LogP contribution in [0.2, 0.25) is 0 Å². The second-order valence-corrected chi connectivity index (χ2v) is 4.22. The summed E-state index contributed by atoms with van der Waals surface area (Å²) in [6, 6.07) is 3.77. The summed E-state index contributed by atoms with van der Waals surface area (Å²) in [6.45, 7) is 2.04. The highest BCUT2D eigenvalue weighted by molar-refractivity contribution is 5.41. The predicted molar refractivity (Wildman–Crippen MR) is 69.3 cm³/mol. The van der Waals surface area contributed by atoms with Gasteiger partial charge in [0.05, 0.1) is 5.56 Å². The number of rotatable bonds is 4. The molecule has 0 amide bonds. The highest BCUT2D eigenvalue weighted by Gasteiger charge is 2.17. The highest BCUT2D eigenvalue weighted by Crippen LogP contribution is 2.16. The van der Waals surface area contributed by atoms with Gasteiger partial charge in [-0.2, -0.15) is 0 Å². The number of aliphatic hydroxyl groups is 1. The summed E-state index contributed by atoms with van der Waals surface area (Å²) in [7, 11) is 0. The molecule has 0 aromatic carbocycles. The van der Waals surface area contributed by atoms with E-state index >= 15 is 0 Å². The normalized spacial score (nSPS) is 18.2. The van der Waals surface area contributed by atoms with Gasteiger partial charge in [-0.25, -0.2) is 4.98 Å². The summed E-state index contributed by atoms with van der Waals surface area (Å²) in [5.74, 6) is 6.69. The minimum Gasteiger partial charge on any atom is -0.472 e. The number of hydrogen-bond acceptors (Lipinski definition) is 4. The zero-order chi connectivity index (χ0) is 12.6. The first-order valence-electron chi connectivity index (χ1n) is 6.32. The van der Waals surface area contributed by atoms with Crippen LogP contribution in [0.15, 0.2) is 18.3 Å². The van der Waals surface area contributed by atoms with Crippen LogP contribution in [-0.2, 0) is 0 Å². The lowest BCUT2D eigenvalue weighted by Crippen LogP contribution is -2.20. The largest absolute Gasteiger partial charge is 0.472 e. The predicted octanol–water partition coefficient (Wildman–Crippen LogP) is 0.946. The molecule has 1 saturated heterocycles. The average Bonchev–Trinajstić information content (AvgIpc) is 2.89. The molecule has 1 unspecified atom stereocenters. The number of unbranched alkanes of at least 4 members (excludes halogenated alkanes) is 1. The maximum Gasteiger partial charge on any atom is 0.229 e. The molecular weight excluding hydrogens is 228 g/mol. The molecule has 0 aliphatic carbocycles. The van der Waals surface area contributed by atoms with Gasteiger partial charge in [0.1, 0.15) is 6.10 Å². The fourth-order valence-electron chi connectivity index (χ4n) is 1.79. The molecule has 0 spiro atoms. The van der Waals surface area contributed by atoms with Gasteiger partial charge in [-0.3, -0.25) is 0 Å². The van der Waals surface area contributed by atoms with Crippen molar-refractivity contribution in [3.63, 3.8) is 0 Å². The highest BCUT2D eigenvalue weighted by atomic mass is 16.5. The van der Waals surface area contributed by atoms with Crippen LogP contribution in [0.1, 0.15) is 24.8 Å². The second-order valence-electron chi connectivity index (χ2n) is 4.22. The molecule has 4 nitrogen and oxygen atoms in total. The molecule has 2 N–H and O–H groups in total. The molecule has 1 atom stereocenters. The molecule has 0 bridgehead atoms. The van der Waals surface area contributed by atoms with Crippen LogP contribution in [0.4, 0.5) is 0 Å². The van der Waals surface area contributed by atoms with E-state index in [2.05, 4.69) is 22.1 Å². The smallest absolute Gasteiger partial charge is 0.229 e. The van der Waals surface area contributed by atoms with Gasteiger partial charge in [0.15, 0.2) is 0 Å². The van der Waals surface area contributed by atoms with Crippen molar-refractivity contribution < 1.29 is 9.84 Å². The lowest BCUT2D eigenvalue weighted by atomic mass is 10.2. The summed E-state index contributed by atoms with van der Waals surface area (Å²) in [5, 5.41) is 12.0. The summed E-state index contributed by atoms with van der Waals surface area (Å²) < 4.78 is 5.84. The van der Waals surface area contributed by atoms with Gasteiger partial charge in [-0.15, -0.1) is 0 Å². The monoisotopic (exact) mass is 246 g/mol. The third-order valence-electron chi connectivity index (χ3n) is 2.75. The maximum atomic E-state index is 8.70. The van der Waals surface area contributed by atoms with Crippen LogP contribution in [-0.4, -0.2) is 35.9 Å². The Bertz CT molecular complexity index is 431. The van der Waals surface area contributed by atoms with Crippen molar-refractivity contribution in [2.45, 2.75) is 25.4 Å². The van der Waals surface area contributed by atoms with Crippen molar-refractivity contribution in [2.24, 2.45) is 0 Å². The van der Waals surface area contributed by atoms with Crippen LogP contribution >= 0.6 is 0 Å². The Balaban J connectivity index is 2.01. The Morgan fingerprint density at radius 2 is 2.50 bits per heavy atom. The van der Waals surface area contributed by atoms with Crippen molar-refractivity contribution in [2.75, 3.05) is 19.7 Å². The number of hydrogen-bond donors (Lipinski definition) is 2. The SMILES string of the molecule is OCCCC#Cc1cccnc1OC1CCNC1. The number of aliphatic hydroxyl groups excluding tert-OH is 1. The van der Waals surface area contributed by atoms with Gasteiger partial charge in [0.25, 0.3) is 0 Å². The third kappa shape index (κ3) is 3.73. The lowest BCUT2D eigenvalue weighted by Gasteiger charge is -2.12. The van der Waals surface area contributed by atoms with E-state index in [1.54, 1.807) is 6.20 Å². The summed E-state index contributed by atoms with van der Waals surface area (Å²) in [4.78, 5) is 4.24. The van der Waals surface area contributed by atoms with E-state index in [1.807, 2.05) is 12.1 Å².